The zero-order valence-electron chi connectivity index (χ0n) is 32.5. The summed E-state index contributed by atoms with van der Waals surface area (Å²) in [7, 11) is 0. The van der Waals surface area contributed by atoms with Crippen molar-refractivity contribution in [2.45, 2.75) is 114 Å². The molecule has 6 heteroatoms. The molecule has 4 nitrogen and oxygen atoms in total. The molecular formula is C45H57IrN2O2S-. The maximum absolute atomic E-state index is 12.2. The van der Waals surface area contributed by atoms with Gasteiger partial charge < -0.3 is 5.11 Å². The van der Waals surface area contributed by atoms with Crippen molar-refractivity contribution in [1.29, 1.82) is 0 Å². The molecule has 3 aromatic carbocycles. The number of fused-ring (bicyclic) bond motifs is 2. The van der Waals surface area contributed by atoms with Gasteiger partial charge in [0.25, 0.3) is 0 Å². The Bertz CT molecular complexity index is 1960. The third-order valence-corrected chi connectivity index (χ3v) is 11.7. The van der Waals surface area contributed by atoms with Crippen LogP contribution in [-0.2, 0) is 36.7 Å². The number of aromatic nitrogens is 2. The second-order valence-corrected chi connectivity index (χ2v) is 16.8. The van der Waals surface area contributed by atoms with Crippen LogP contribution in [0.15, 0.2) is 78.8 Å². The normalized spacial score (nSPS) is 12.5. The summed E-state index contributed by atoms with van der Waals surface area (Å²) in [6.45, 7) is 23.4. The van der Waals surface area contributed by atoms with Gasteiger partial charge in [-0.05, 0) is 67.0 Å². The van der Waals surface area contributed by atoms with Crippen LogP contribution < -0.4 is 0 Å². The fourth-order valence-corrected chi connectivity index (χ4v) is 7.40. The molecule has 0 aliphatic heterocycles. The maximum Gasteiger partial charge on any atom is 0.164 e. The van der Waals surface area contributed by atoms with Crippen LogP contribution in [-0.4, -0.2) is 20.9 Å². The Morgan fingerprint density at radius 2 is 1.47 bits per heavy atom. The topological polar surface area (TPSA) is 63.1 Å². The molecule has 2 heterocycles. The van der Waals surface area contributed by atoms with Crippen LogP contribution in [0, 0.1) is 22.8 Å². The standard InChI is InChI=1S/C30H29N2S.C15H28O2.Ir/c1-19(2)12-24-14-22-11-10-21(16-29(22)33-24)27-17-28(32-18-31-27)23-13-20-8-6-7-9-25(20)26(15-23)30(3,4)5;1-7-14(5,8-2)12(16)11-13(17)15(6,9-3)10-4;/h6-11,14-19H,12H2,1-5H3;11,16H,7-10H2,1-6H3;/q-1;;/b;12-11-;. The fourth-order valence-electron chi connectivity index (χ4n) is 6.08. The van der Waals surface area contributed by atoms with Crippen molar-refractivity contribution >= 4 is 38.0 Å². The Balaban J connectivity index is 0.000000335. The molecule has 0 aliphatic carbocycles. The predicted molar refractivity (Wildman–Crippen MR) is 215 cm³/mol. The van der Waals surface area contributed by atoms with Crippen LogP contribution in [0.2, 0.25) is 0 Å². The number of thiophene rings is 1. The van der Waals surface area contributed by atoms with Crippen LogP contribution in [0.4, 0.5) is 0 Å². The van der Waals surface area contributed by atoms with E-state index in [-0.39, 0.29) is 47.9 Å². The van der Waals surface area contributed by atoms with Crippen molar-refractivity contribution < 1.29 is 30.0 Å². The van der Waals surface area contributed by atoms with E-state index in [0.717, 1.165) is 60.0 Å². The van der Waals surface area contributed by atoms with Gasteiger partial charge in [-0.1, -0.05) is 117 Å². The van der Waals surface area contributed by atoms with E-state index in [4.69, 9.17) is 0 Å². The van der Waals surface area contributed by atoms with Gasteiger partial charge in [0.15, 0.2) is 5.78 Å². The zero-order valence-corrected chi connectivity index (χ0v) is 35.7. The molecule has 5 rings (SSSR count). The van der Waals surface area contributed by atoms with Crippen LogP contribution in [0.5, 0.6) is 0 Å². The van der Waals surface area contributed by atoms with E-state index < -0.39 is 0 Å². The summed E-state index contributed by atoms with van der Waals surface area (Å²) in [5.41, 5.74) is 4.72. The van der Waals surface area contributed by atoms with E-state index in [0.29, 0.717) is 5.92 Å². The first kappa shape index (κ1) is 42.2. The zero-order chi connectivity index (χ0) is 36.9. The van der Waals surface area contributed by atoms with E-state index in [9.17, 15) is 9.90 Å². The number of rotatable bonds is 11. The Morgan fingerprint density at radius 1 is 0.843 bits per heavy atom. The minimum atomic E-state index is -0.337. The van der Waals surface area contributed by atoms with Gasteiger partial charge in [-0.2, -0.15) is 0 Å². The van der Waals surface area contributed by atoms with E-state index in [1.165, 1.54) is 32.0 Å². The van der Waals surface area contributed by atoms with Crippen molar-refractivity contribution in [2.24, 2.45) is 16.7 Å². The van der Waals surface area contributed by atoms with Gasteiger partial charge in [0.05, 0.1) is 5.69 Å². The van der Waals surface area contributed by atoms with Crippen molar-refractivity contribution in [1.82, 2.24) is 9.97 Å². The number of carbonyl (C=O) groups excluding carboxylic acids is 1. The molecule has 0 fully saturated rings. The molecule has 0 amide bonds. The first-order chi connectivity index (χ1) is 23.6. The Hall–Kier alpha value is -3.18. The summed E-state index contributed by atoms with van der Waals surface area (Å²) in [6, 6.07) is 25.4. The number of hydrogen-bond acceptors (Lipinski definition) is 5. The number of ketones is 1. The SMILES string of the molecule is CC(C)Cc1cc2ccc(-c3cc(-c4[c-]c5ccccc5c(C(C)(C)C)c4)ncn3)cc2s1.CCC(C)(CC)C(=O)/C=C(\O)C(C)(CC)CC.[Ir]. The van der Waals surface area contributed by atoms with Crippen molar-refractivity contribution in [3.05, 3.63) is 95.3 Å². The Labute approximate surface area is 324 Å². The molecular weight excluding hydrogens is 825 g/mol. The van der Waals surface area contributed by atoms with Crippen LogP contribution in [0.3, 0.4) is 0 Å². The molecule has 5 aromatic rings. The monoisotopic (exact) mass is 882 g/mol. The number of hydrogen-bond donors (Lipinski definition) is 1. The fraction of sp³-hybridized carbons (Fsp3) is 0.444. The number of benzene rings is 3. The van der Waals surface area contributed by atoms with Gasteiger partial charge in [-0.25, -0.2) is 4.98 Å². The van der Waals surface area contributed by atoms with Crippen LogP contribution in [0.25, 0.3) is 43.4 Å². The summed E-state index contributed by atoms with van der Waals surface area (Å²) in [5.74, 6) is 0.951. The second-order valence-electron chi connectivity index (χ2n) is 15.7. The smallest absolute Gasteiger partial charge is 0.164 e. The third kappa shape index (κ3) is 10.0. The second kappa shape index (κ2) is 17.6. The average molecular weight is 882 g/mol. The molecule has 0 bridgehead atoms. The van der Waals surface area contributed by atoms with Gasteiger partial charge >= 0.3 is 0 Å². The van der Waals surface area contributed by atoms with Crippen LogP contribution in [0.1, 0.15) is 112 Å². The average Bonchev–Trinajstić information content (AvgIpc) is 3.51. The van der Waals surface area contributed by atoms with Crippen molar-refractivity contribution in [2.75, 3.05) is 0 Å². The minimum Gasteiger partial charge on any atom is -0.512 e. The van der Waals surface area contributed by atoms with Crippen LogP contribution >= 0.6 is 11.3 Å². The summed E-state index contributed by atoms with van der Waals surface area (Å²) < 4.78 is 1.32. The molecule has 0 aliphatic rings. The molecule has 0 saturated heterocycles. The van der Waals surface area contributed by atoms with E-state index in [1.54, 1.807) is 6.33 Å². The summed E-state index contributed by atoms with van der Waals surface area (Å²) in [4.78, 5) is 22.9. The Kier molecular flexibility index (Phi) is 14.5. The van der Waals surface area contributed by atoms with Gasteiger partial charge in [-0.3, -0.25) is 9.78 Å². The van der Waals surface area contributed by atoms with Gasteiger partial charge in [0.2, 0.25) is 0 Å². The third-order valence-electron chi connectivity index (χ3n) is 10.6. The number of nitrogens with zero attached hydrogens (tertiary/aromatic N) is 2. The quantitative estimate of drug-likeness (QED) is 0.0815. The first-order valence-electron chi connectivity index (χ1n) is 18.3. The van der Waals surface area contributed by atoms with Gasteiger partial charge in [0, 0.05) is 57.8 Å². The molecule has 0 saturated carbocycles. The number of aliphatic hydroxyl groups is 1. The maximum atomic E-state index is 12.2. The van der Waals surface area contributed by atoms with Gasteiger partial charge in [-0.15, -0.1) is 40.5 Å². The first-order valence-corrected chi connectivity index (χ1v) is 19.2. The molecule has 51 heavy (non-hydrogen) atoms. The Morgan fingerprint density at radius 3 is 2.08 bits per heavy atom. The van der Waals surface area contributed by atoms with E-state index in [1.807, 2.05) is 52.9 Å². The largest absolute Gasteiger partial charge is 0.512 e. The summed E-state index contributed by atoms with van der Waals surface area (Å²) in [6.07, 6.45) is 7.55. The minimum absolute atomic E-state index is 0. The van der Waals surface area contributed by atoms with E-state index in [2.05, 4.69) is 111 Å². The van der Waals surface area contributed by atoms with Gasteiger partial charge in [0.1, 0.15) is 12.1 Å². The van der Waals surface area contributed by atoms with Crippen molar-refractivity contribution in [3.8, 4) is 22.5 Å². The molecule has 0 unspecified atom stereocenters. The number of carbonyl (C=O) groups is 1. The summed E-state index contributed by atoms with van der Waals surface area (Å²) >= 11 is 1.89. The van der Waals surface area contributed by atoms with E-state index >= 15 is 0 Å². The number of allylic oxidation sites excluding steroid dienone is 2. The van der Waals surface area contributed by atoms with Crippen molar-refractivity contribution in [3.63, 3.8) is 0 Å². The summed E-state index contributed by atoms with van der Waals surface area (Å²) in [5, 5.41) is 13.8. The molecule has 2 aromatic heterocycles. The molecule has 275 valence electrons. The molecule has 1 radical (unpaired) electrons. The molecule has 1 N–H and O–H groups in total. The molecule has 0 atom stereocenters. The molecule has 0 spiro atoms. The predicted octanol–water partition coefficient (Wildman–Crippen LogP) is 13.1. The number of aliphatic hydroxyl groups excluding tert-OH is 1.